The standard InChI is InChI=1S/C73H99N9O6/c1-46(84)41-81-68-40-72(39-64-61-21-24-77-43-55(61)29-52-15-9-22-78-70(52)64)36-50-18-19-67(72)73(68)37-53(58(38-73)42-76-2)20-25-80-71(75)79-23-8-14-51(27-49-13-7-12-48(26-49)17-16-47-10-5-4-6-11-47)63-35-69(74)82-44-56(63)30-54-32-65(87)66(88-3)34-62(54)57(45-83)31-60(86)33-59(85)28-50/h4-7,9-13,15,26,31-32,34-35,44,46,50-53,55,58,61,64,67-70,76-78,81-84,87H,14,16-22,24-25,27-30,33,36-43,45,74H2,1-3H3,(H3,75,79,80)/b57-31+/t46-,50+,51+,52-,53-,55-,58-,61+,64-,67+,68+,69?,70+,72-,73-/m0/s1. The Bertz CT molecular complexity index is 3160. The van der Waals surface area contributed by atoms with Crippen LogP contribution in [0.3, 0.4) is 0 Å². The molecule has 1 unspecified atom stereocenters. The Morgan fingerprint density at radius 2 is 1.77 bits per heavy atom. The number of phenolic OH excluding ortho intramolecular Hbond substituents is 1. The number of ketones is 2. The van der Waals surface area contributed by atoms with Crippen molar-refractivity contribution in [3.63, 3.8) is 0 Å². The number of piperidine rings is 1. The predicted molar refractivity (Wildman–Crippen MR) is 350 cm³/mol. The molecule has 15 nitrogen and oxygen atoms in total. The Morgan fingerprint density at radius 1 is 0.943 bits per heavy atom. The molecule has 472 valence electrons. The molecule has 5 bridgehead atoms. The van der Waals surface area contributed by atoms with Crippen LogP contribution in [0.1, 0.15) is 118 Å². The lowest BCUT2D eigenvalue weighted by molar-refractivity contribution is -0.126. The zero-order valence-electron chi connectivity index (χ0n) is 52.4. The van der Waals surface area contributed by atoms with Crippen molar-refractivity contribution in [2.45, 2.75) is 140 Å². The molecule has 3 aromatic rings. The summed E-state index contributed by atoms with van der Waals surface area (Å²) in [7, 11) is 3.56. The van der Waals surface area contributed by atoms with E-state index in [4.69, 9.17) is 16.2 Å². The van der Waals surface area contributed by atoms with Crippen molar-refractivity contribution in [2.75, 3.05) is 60.0 Å². The van der Waals surface area contributed by atoms with Crippen LogP contribution in [0.5, 0.6) is 11.5 Å². The Balaban J connectivity index is 0.949. The predicted octanol–water partition coefficient (Wildman–Crippen LogP) is 7.40. The second-order valence-corrected chi connectivity index (χ2v) is 27.8. The number of fused-ring (bicyclic) bond motifs is 13. The Labute approximate surface area is 523 Å². The number of hydrogen-bond donors (Lipinski definition) is 11. The molecule has 15 heteroatoms. The van der Waals surface area contributed by atoms with E-state index in [0.717, 1.165) is 107 Å². The number of allylic oxidation sites excluding steroid dienone is 3. The topological polar surface area (TPSA) is 241 Å². The number of carbonyl (C=O) groups is 2. The molecule has 0 aromatic heterocycles. The number of rotatable bonds is 14. The summed E-state index contributed by atoms with van der Waals surface area (Å²) in [6, 6.07) is 26.3. The molecule has 5 heterocycles. The van der Waals surface area contributed by atoms with Gasteiger partial charge in [0.05, 0.1) is 32.4 Å². The van der Waals surface area contributed by atoms with Gasteiger partial charge in [-0.1, -0.05) is 72.7 Å². The van der Waals surface area contributed by atoms with Crippen LogP contribution in [-0.2, 0) is 35.3 Å². The first-order valence-corrected chi connectivity index (χ1v) is 33.3. The molecule has 4 aliphatic carbocycles. The molecule has 13 N–H and O–H groups in total. The van der Waals surface area contributed by atoms with Gasteiger partial charge in [-0.2, -0.15) is 4.99 Å². The number of guanidine groups is 1. The van der Waals surface area contributed by atoms with Crippen molar-refractivity contribution in [3.05, 3.63) is 136 Å². The summed E-state index contributed by atoms with van der Waals surface area (Å²) in [5, 5.41) is 56.0. The third-order valence-electron chi connectivity index (χ3n) is 22.2. The van der Waals surface area contributed by atoms with Gasteiger partial charge in [0.1, 0.15) is 5.78 Å². The molecule has 0 amide bonds. The first-order chi connectivity index (χ1) is 42.7. The summed E-state index contributed by atoms with van der Waals surface area (Å²) in [6.07, 6.45) is 23.0. The van der Waals surface area contributed by atoms with Crippen LogP contribution >= 0.6 is 0 Å². The van der Waals surface area contributed by atoms with Gasteiger partial charge in [-0.25, -0.2) is 0 Å². The van der Waals surface area contributed by atoms with Crippen molar-refractivity contribution in [2.24, 2.45) is 80.6 Å². The first-order valence-electron chi connectivity index (χ1n) is 33.3. The zero-order valence-corrected chi connectivity index (χ0v) is 52.4. The number of Topliss-reactive ketones (excluding diaryl/α,β-unsaturated/α-hetero) is 1. The van der Waals surface area contributed by atoms with Crippen molar-refractivity contribution >= 4 is 23.1 Å². The number of aryl methyl sites for hydroxylation is 2. The summed E-state index contributed by atoms with van der Waals surface area (Å²) < 4.78 is 5.66. The maximum Gasteiger partial charge on any atom is 0.202 e. The summed E-state index contributed by atoms with van der Waals surface area (Å²) in [5.41, 5.74) is 20.5. The Hall–Kier alpha value is -6.09. The lowest BCUT2D eigenvalue weighted by Crippen LogP contribution is -2.57. The van der Waals surface area contributed by atoms with Crippen molar-refractivity contribution in [1.29, 1.82) is 0 Å². The molecule has 9 aliphatic rings. The quantitative estimate of drug-likeness (QED) is 0.0429. The number of nitrogens with zero attached hydrogens (tertiary/aromatic N) is 1. The number of ether oxygens (including phenoxy) is 1. The Morgan fingerprint density at radius 3 is 2.59 bits per heavy atom. The third kappa shape index (κ3) is 14.6. The number of phenols is 1. The number of aromatic hydroxyl groups is 1. The van der Waals surface area contributed by atoms with Crippen LogP contribution in [0, 0.1) is 76.1 Å². The van der Waals surface area contributed by atoms with E-state index in [-0.39, 0.29) is 58.2 Å². The number of benzene rings is 3. The molecule has 3 aromatic carbocycles. The highest BCUT2D eigenvalue weighted by atomic mass is 16.5. The number of nitrogens with one attached hydrogen (secondary N) is 6. The third-order valence-corrected chi connectivity index (χ3v) is 22.2. The second-order valence-electron chi connectivity index (χ2n) is 27.8. The van der Waals surface area contributed by atoms with Gasteiger partial charge in [-0.05, 0) is 256 Å². The molecule has 88 heavy (non-hydrogen) atoms. The zero-order chi connectivity index (χ0) is 61.4. The van der Waals surface area contributed by atoms with Gasteiger partial charge < -0.3 is 63.4 Å². The summed E-state index contributed by atoms with van der Waals surface area (Å²) >= 11 is 0. The van der Waals surface area contributed by atoms with E-state index < -0.39 is 18.9 Å². The van der Waals surface area contributed by atoms with E-state index in [2.05, 4.69) is 117 Å². The highest BCUT2D eigenvalue weighted by molar-refractivity contribution is 6.08. The monoisotopic (exact) mass is 1200 g/mol. The number of nitrogens with two attached hydrogens (primary N) is 2. The summed E-state index contributed by atoms with van der Waals surface area (Å²) in [6.45, 7) is 6.51. The molecular weight excluding hydrogens is 1100 g/mol. The smallest absolute Gasteiger partial charge is 0.202 e. The fraction of sp³-hybridized carbons (Fsp3) is 0.575. The van der Waals surface area contributed by atoms with Gasteiger partial charge in [0, 0.05) is 56.8 Å². The minimum atomic E-state index is -0.496. The molecule has 1 spiro atoms. The Kier molecular flexibility index (Phi) is 20.8. The van der Waals surface area contributed by atoms with Gasteiger partial charge in [-0.15, -0.1) is 0 Å². The largest absolute Gasteiger partial charge is 0.504 e. The lowest BCUT2D eigenvalue weighted by Gasteiger charge is -2.55. The van der Waals surface area contributed by atoms with Crippen LogP contribution in [0.2, 0.25) is 0 Å². The maximum absolute atomic E-state index is 14.7. The second kappa shape index (κ2) is 28.8. The normalized spacial score (nSPS) is 33.6. The first kappa shape index (κ1) is 63.5. The number of methoxy groups -OCH3 is 1. The molecule has 4 saturated carbocycles. The van der Waals surface area contributed by atoms with E-state index >= 15 is 0 Å². The van der Waals surface area contributed by atoms with Crippen molar-refractivity contribution < 1.29 is 29.6 Å². The fourth-order valence-corrected chi connectivity index (χ4v) is 18.7. The van der Waals surface area contributed by atoms with Crippen molar-refractivity contribution in [1.82, 2.24) is 31.9 Å². The van der Waals surface area contributed by atoms with E-state index in [1.54, 1.807) is 12.1 Å². The van der Waals surface area contributed by atoms with E-state index in [1.165, 1.54) is 37.2 Å². The lowest BCUT2D eigenvalue weighted by atomic mass is 9.52. The van der Waals surface area contributed by atoms with Crippen molar-refractivity contribution in [3.8, 4) is 23.5 Å². The number of dihydropyridines is 1. The summed E-state index contributed by atoms with van der Waals surface area (Å²) in [5.74, 6) is 6.82. The molecule has 0 radical (unpaired) electrons. The number of aliphatic hydroxyl groups excluding tert-OH is 2. The molecular formula is C73H99N9O6. The minimum absolute atomic E-state index is 0.0214. The van der Waals surface area contributed by atoms with Gasteiger partial charge in [0.15, 0.2) is 17.3 Å². The molecule has 1 saturated heterocycles. The van der Waals surface area contributed by atoms with Gasteiger partial charge >= 0.3 is 0 Å². The summed E-state index contributed by atoms with van der Waals surface area (Å²) in [4.78, 5) is 33.8. The molecule has 12 rings (SSSR count). The van der Waals surface area contributed by atoms with Crippen LogP contribution in [-0.4, -0.2) is 117 Å². The number of aliphatic imine (C=N–C) groups is 1. The van der Waals surface area contributed by atoms with Crippen LogP contribution in [0.15, 0.2) is 113 Å². The highest BCUT2D eigenvalue weighted by Gasteiger charge is 2.67. The molecule has 5 aliphatic heterocycles. The minimum Gasteiger partial charge on any atom is -0.504 e. The van der Waals surface area contributed by atoms with Crippen LogP contribution in [0.4, 0.5) is 0 Å². The SMILES string of the molecule is CNC[C@@H]1C[C@@]23C[C@@H]1CCNC(N)=NC#CC[C@H](Cc1cccc(CCc4ccccc4)c1)C1=CC(N)NC=C1Cc1cc(O)c(OC)cc1/C(CO)=C/C(=O)CC(=O)C[C@H]1CC[C@@H]2[C@](C[C@H]2[C@@H]4CCNC[C@@H]4C[C@@H]4C=CCN[C@@H]24)(C1)C[C@H]3NC[C@H](C)O. The molecule has 15 atom stereocenters. The van der Waals surface area contributed by atoms with Gasteiger partial charge in [-0.3, -0.25) is 9.59 Å². The number of carbonyl (C=O) groups excluding carboxylic acids is 2. The van der Waals surface area contributed by atoms with E-state index in [1.807, 2.05) is 25.3 Å². The van der Waals surface area contributed by atoms with Gasteiger partial charge in [0.2, 0.25) is 5.96 Å². The van der Waals surface area contributed by atoms with E-state index in [0.29, 0.717) is 109 Å². The van der Waals surface area contributed by atoms with Crippen LogP contribution < -0.4 is 48.1 Å². The maximum atomic E-state index is 14.7. The average molecular weight is 1200 g/mol. The van der Waals surface area contributed by atoms with E-state index in [9.17, 15) is 24.9 Å². The van der Waals surface area contributed by atoms with Gasteiger partial charge in [0.25, 0.3) is 0 Å². The highest BCUT2D eigenvalue weighted by Crippen LogP contribution is 2.71. The van der Waals surface area contributed by atoms with Crippen LogP contribution in [0.25, 0.3) is 5.57 Å². The average Bonchev–Trinajstić information content (AvgIpc) is 1.54. The molecule has 5 fully saturated rings. The number of hydrogen-bond acceptors (Lipinski definition) is 15. The number of aliphatic hydroxyl groups is 2. The fourth-order valence-electron chi connectivity index (χ4n) is 18.7.